The van der Waals surface area contributed by atoms with Crippen LogP contribution in [0.3, 0.4) is 0 Å². The molecule has 1 saturated heterocycles. The SMILES string of the molecule is CCCCCCCC(=O)N1CCC(CN(CC(C)=Cc2ccccc2)C(=O)C2CC2)CC1. The zero-order valence-corrected chi connectivity index (χ0v) is 20.2. The van der Waals surface area contributed by atoms with Crippen molar-refractivity contribution in [1.29, 1.82) is 0 Å². The van der Waals surface area contributed by atoms with Crippen LogP contribution in [0.25, 0.3) is 6.08 Å². The van der Waals surface area contributed by atoms with Crippen molar-refractivity contribution in [3.05, 3.63) is 41.5 Å². The minimum atomic E-state index is 0.244. The minimum absolute atomic E-state index is 0.244. The van der Waals surface area contributed by atoms with Crippen LogP contribution in [0.15, 0.2) is 35.9 Å². The molecular formula is C28H42N2O2. The van der Waals surface area contributed by atoms with Gasteiger partial charge in [0, 0.05) is 38.5 Å². The fraction of sp³-hybridized carbons (Fsp3) is 0.643. The monoisotopic (exact) mass is 438 g/mol. The van der Waals surface area contributed by atoms with E-state index in [1.807, 2.05) is 18.2 Å². The first kappa shape index (κ1) is 24.5. The van der Waals surface area contributed by atoms with E-state index in [1.54, 1.807) is 0 Å². The first-order valence-corrected chi connectivity index (χ1v) is 12.9. The number of carbonyl (C=O) groups excluding carboxylic acids is 2. The Bertz CT molecular complexity index is 746. The molecule has 0 radical (unpaired) electrons. The maximum atomic E-state index is 13.0. The van der Waals surface area contributed by atoms with Gasteiger partial charge in [0.15, 0.2) is 0 Å². The average Bonchev–Trinajstić information content (AvgIpc) is 3.64. The molecular weight excluding hydrogens is 396 g/mol. The molecule has 1 heterocycles. The smallest absolute Gasteiger partial charge is 0.225 e. The van der Waals surface area contributed by atoms with Gasteiger partial charge in [-0.3, -0.25) is 9.59 Å². The van der Waals surface area contributed by atoms with Gasteiger partial charge in [-0.1, -0.05) is 74.6 Å². The maximum absolute atomic E-state index is 13.0. The second-order valence-corrected chi connectivity index (χ2v) is 9.88. The minimum Gasteiger partial charge on any atom is -0.343 e. The number of carbonyl (C=O) groups is 2. The molecule has 1 saturated carbocycles. The summed E-state index contributed by atoms with van der Waals surface area (Å²) in [5, 5.41) is 0. The molecule has 4 nitrogen and oxygen atoms in total. The van der Waals surface area contributed by atoms with E-state index in [4.69, 9.17) is 0 Å². The molecule has 1 aromatic carbocycles. The number of likely N-dealkylation sites (tertiary alicyclic amines) is 1. The van der Waals surface area contributed by atoms with E-state index in [2.05, 4.69) is 41.9 Å². The van der Waals surface area contributed by atoms with Crippen LogP contribution in [0, 0.1) is 11.8 Å². The molecule has 1 aliphatic heterocycles. The van der Waals surface area contributed by atoms with E-state index in [0.717, 1.165) is 51.7 Å². The van der Waals surface area contributed by atoms with Crippen molar-refractivity contribution < 1.29 is 9.59 Å². The Kier molecular flexibility index (Phi) is 9.83. The Balaban J connectivity index is 1.47. The number of hydrogen-bond acceptors (Lipinski definition) is 2. The van der Waals surface area contributed by atoms with Crippen LogP contribution in [-0.2, 0) is 9.59 Å². The molecule has 1 aromatic rings. The summed E-state index contributed by atoms with van der Waals surface area (Å²) in [5.41, 5.74) is 2.41. The maximum Gasteiger partial charge on any atom is 0.225 e. The van der Waals surface area contributed by atoms with Crippen molar-refractivity contribution in [3.63, 3.8) is 0 Å². The van der Waals surface area contributed by atoms with Crippen molar-refractivity contribution >= 4 is 17.9 Å². The first-order valence-electron chi connectivity index (χ1n) is 12.9. The van der Waals surface area contributed by atoms with E-state index in [0.29, 0.717) is 30.7 Å². The molecule has 2 aliphatic rings. The van der Waals surface area contributed by atoms with Gasteiger partial charge in [-0.25, -0.2) is 0 Å². The third-order valence-corrected chi connectivity index (χ3v) is 6.83. The lowest BCUT2D eigenvalue weighted by molar-refractivity contribution is -0.135. The lowest BCUT2D eigenvalue weighted by atomic mass is 9.95. The van der Waals surface area contributed by atoms with Crippen LogP contribution < -0.4 is 0 Å². The van der Waals surface area contributed by atoms with Gasteiger partial charge in [0.2, 0.25) is 11.8 Å². The van der Waals surface area contributed by atoms with Gasteiger partial charge in [-0.2, -0.15) is 0 Å². The summed E-state index contributed by atoms with van der Waals surface area (Å²) in [4.78, 5) is 29.7. The third-order valence-electron chi connectivity index (χ3n) is 6.83. The van der Waals surface area contributed by atoms with Gasteiger partial charge in [-0.15, -0.1) is 0 Å². The predicted molar refractivity (Wildman–Crippen MR) is 132 cm³/mol. The second kappa shape index (κ2) is 12.8. The van der Waals surface area contributed by atoms with E-state index in [1.165, 1.54) is 36.8 Å². The van der Waals surface area contributed by atoms with E-state index >= 15 is 0 Å². The van der Waals surface area contributed by atoms with Gasteiger partial charge >= 0.3 is 0 Å². The van der Waals surface area contributed by atoms with Crippen molar-refractivity contribution in [2.24, 2.45) is 11.8 Å². The molecule has 176 valence electrons. The summed E-state index contributed by atoms with van der Waals surface area (Å²) in [6.45, 7) is 7.58. The molecule has 0 bridgehead atoms. The van der Waals surface area contributed by atoms with Crippen LogP contribution in [0.1, 0.15) is 83.6 Å². The highest BCUT2D eigenvalue weighted by Crippen LogP contribution is 2.32. The normalized spacial score (nSPS) is 17.4. The highest BCUT2D eigenvalue weighted by atomic mass is 16.2. The van der Waals surface area contributed by atoms with Crippen LogP contribution in [0.2, 0.25) is 0 Å². The Labute approximate surface area is 195 Å². The lowest BCUT2D eigenvalue weighted by Gasteiger charge is -2.35. The van der Waals surface area contributed by atoms with Gasteiger partial charge < -0.3 is 9.80 Å². The molecule has 0 unspecified atom stereocenters. The van der Waals surface area contributed by atoms with Gasteiger partial charge in [-0.05, 0) is 50.5 Å². The van der Waals surface area contributed by atoms with Gasteiger partial charge in [0.25, 0.3) is 0 Å². The largest absolute Gasteiger partial charge is 0.343 e. The molecule has 32 heavy (non-hydrogen) atoms. The Morgan fingerprint density at radius 1 is 1.00 bits per heavy atom. The standard InChI is InChI=1S/C28H42N2O2/c1-3-4-5-6-10-13-27(31)29-18-16-25(17-19-29)22-30(28(32)26-14-15-26)21-23(2)20-24-11-8-7-9-12-24/h7-9,11-12,20,25-26H,3-6,10,13-19,21-22H2,1-2H3. The molecule has 0 N–H and O–H groups in total. The van der Waals surface area contributed by atoms with Crippen molar-refractivity contribution in [3.8, 4) is 0 Å². The first-order chi connectivity index (χ1) is 15.6. The quantitative estimate of drug-likeness (QED) is 0.380. The highest BCUT2D eigenvalue weighted by molar-refractivity contribution is 5.81. The van der Waals surface area contributed by atoms with Crippen LogP contribution in [0.5, 0.6) is 0 Å². The van der Waals surface area contributed by atoms with E-state index < -0.39 is 0 Å². The number of piperidine rings is 1. The number of nitrogens with zero attached hydrogens (tertiary/aromatic N) is 2. The zero-order valence-electron chi connectivity index (χ0n) is 20.2. The lowest BCUT2D eigenvalue weighted by Crippen LogP contribution is -2.43. The van der Waals surface area contributed by atoms with Crippen molar-refractivity contribution in [2.75, 3.05) is 26.2 Å². The number of rotatable bonds is 12. The second-order valence-electron chi connectivity index (χ2n) is 9.88. The fourth-order valence-corrected chi connectivity index (χ4v) is 4.72. The zero-order chi connectivity index (χ0) is 22.8. The van der Waals surface area contributed by atoms with Crippen LogP contribution in [-0.4, -0.2) is 47.8 Å². The Morgan fingerprint density at radius 2 is 1.69 bits per heavy atom. The summed E-state index contributed by atoms with van der Waals surface area (Å²) in [6, 6.07) is 10.3. The van der Waals surface area contributed by atoms with Crippen LogP contribution in [0.4, 0.5) is 0 Å². The summed E-state index contributed by atoms with van der Waals surface area (Å²) < 4.78 is 0. The van der Waals surface area contributed by atoms with E-state index in [-0.39, 0.29) is 5.92 Å². The van der Waals surface area contributed by atoms with Crippen molar-refractivity contribution in [1.82, 2.24) is 9.80 Å². The summed E-state index contributed by atoms with van der Waals surface area (Å²) in [7, 11) is 0. The fourth-order valence-electron chi connectivity index (χ4n) is 4.72. The number of hydrogen-bond donors (Lipinski definition) is 0. The molecule has 1 aliphatic carbocycles. The molecule has 0 spiro atoms. The summed E-state index contributed by atoms with van der Waals surface area (Å²) >= 11 is 0. The Morgan fingerprint density at radius 3 is 2.34 bits per heavy atom. The van der Waals surface area contributed by atoms with Crippen molar-refractivity contribution in [2.45, 2.75) is 78.1 Å². The molecule has 4 heteroatoms. The van der Waals surface area contributed by atoms with Gasteiger partial charge in [0.1, 0.15) is 0 Å². The predicted octanol–water partition coefficient (Wildman–Crippen LogP) is 5.93. The highest BCUT2D eigenvalue weighted by Gasteiger charge is 2.35. The topological polar surface area (TPSA) is 40.6 Å². The van der Waals surface area contributed by atoms with Crippen LogP contribution >= 0.6 is 0 Å². The summed E-state index contributed by atoms with van der Waals surface area (Å²) in [6.07, 6.45) is 12.9. The molecule has 0 aromatic heterocycles. The number of amides is 2. The average molecular weight is 439 g/mol. The van der Waals surface area contributed by atoms with Gasteiger partial charge in [0.05, 0.1) is 0 Å². The number of benzene rings is 1. The molecule has 2 amide bonds. The molecule has 3 rings (SSSR count). The molecule has 2 fully saturated rings. The van der Waals surface area contributed by atoms with E-state index in [9.17, 15) is 9.59 Å². The molecule has 0 atom stereocenters. The third kappa shape index (κ3) is 8.11. The number of unbranched alkanes of at least 4 members (excludes halogenated alkanes) is 4. The summed E-state index contributed by atoms with van der Waals surface area (Å²) in [5.74, 6) is 1.40. The Hall–Kier alpha value is -2.10.